The molecule has 0 bridgehead atoms. The van der Waals surface area contributed by atoms with Crippen molar-refractivity contribution in [3.63, 3.8) is 0 Å². The Bertz CT molecular complexity index is 912. The average Bonchev–Trinajstić information content (AvgIpc) is 3.03. The van der Waals surface area contributed by atoms with Crippen molar-refractivity contribution in [3.8, 4) is 0 Å². The summed E-state index contributed by atoms with van der Waals surface area (Å²) in [6, 6.07) is 0. The number of carbonyl (C=O) groups is 3. The standard InChI is InChI=1S/C22H26O8/c1-9-13-7-8-21(5,26)15(13)17-14(10(2)19(24)28-17)18(16(9)27-12(4)23)29-20(25)22(6)11(3)30-22/h7-8,11,14-18,26H,2H2,1,3-6H3/t11-,14+,15+,16-,17+,18-,21-,22-/m1/s1. The van der Waals surface area contributed by atoms with Crippen LogP contribution in [0.3, 0.4) is 0 Å². The zero-order valence-electron chi connectivity index (χ0n) is 17.6. The van der Waals surface area contributed by atoms with Crippen LogP contribution < -0.4 is 0 Å². The summed E-state index contributed by atoms with van der Waals surface area (Å²) in [6.07, 6.45) is 0.192. The van der Waals surface area contributed by atoms with Gasteiger partial charge in [-0.2, -0.15) is 0 Å². The van der Waals surface area contributed by atoms with Crippen molar-refractivity contribution >= 4 is 17.9 Å². The van der Waals surface area contributed by atoms with Crippen LogP contribution in [0.5, 0.6) is 0 Å². The first-order valence-electron chi connectivity index (χ1n) is 9.96. The number of rotatable bonds is 3. The lowest BCUT2D eigenvalue weighted by atomic mass is 9.78. The molecule has 4 rings (SSSR count). The maximum absolute atomic E-state index is 12.9. The van der Waals surface area contributed by atoms with Crippen molar-refractivity contribution in [1.82, 2.24) is 0 Å². The summed E-state index contributed by atoms with van der Waals surface area (Å²) in [5.41, 5.74) is -0.985. The molecule has 8 atom stereocenters. The third-order valence-electron chi connectivity index (χ3n) is 6.77. The van der Waals surface area contributed by atoms with Crippen LogP contribution in [0.15, 0.2) is 35.5 Å². The van der Waals surface area contributed by atoms with E-state index in [1.165, 1.54) is 6.92 Å². The van der Waals surface area contributed by atoms with Crippen LogP contribution in [-0.4, -0.2) is 58.6 Å². The van der Waals surface area contributed by atoms with Gasteiger partial charge in [-0.05, 0) is 38.8 Å². The van der Waals surface area contributed by atoms with Crippen molar-refractivity contribution < 1.29 is 38.4 Å². The lowest BCUT2D eigenvalue weighted by Crippen LogP contribution is -2.48. The van der Waals surface area contributed by atoms with Gasteiger partial charge in [-0.3, -0.25) is 4.79 Å². The Labute approximate surface area is 174 Å². The molecule has 0 aromatic carbocycles. The van der Waals surface area contributed by atoms with Crippen molar-refractivity contribution in [2.75, 3.05) is 0 Å². The van der Waals surface area contributed by atoms with Gasteiger partial charge in [0.05, 0.1) is 23.5 Å². The number of aliphatic hydroxyl groups is 1. The lowest BCUT2D eigenvalue weighted by Gasteiger charge is -2.34. The highest BCUT2D eigenvalue weighted by Gasteiger charge is 2.62. The molecule has 2 saturated heterocycles. The van der Waals surface area contributed by atoms with Gasteiger partial charge in [-0.1, -0.05) is 18.7 Å². The second-order valence-corrected chi connectivity index (χ2v) is 8.86. The Morgan fingerprint density at radius 3 is 2.47 bits per heavy atom. The van der Waals surface area contributed by atoms with E-state index in [4.69, 9.17) is 18.9 Å². The summed E-state index contributed by atoms with van der Waals surface area (Å²) in [6.45, 7) is 11.9. The monoisotopic (exact) mass is 418 g/mol. The summed E-state index contributed by atoms with van der Waals surface area (Å²) >= 11 is 0. The molecule has 0 spiro atoms. The van der Waals surface area contributed by atoms with Crippen molar-refractivity contribution in [3.05, 3.63) is 35.5 Å². The molecule has 2 heterocycles. The van der Waals surface area contributed by atoms with Crippen molar-refractivity contribution in [2.24, 2.45) is 11.8 Å². The fourth-order valence-electron chi connectivity index (χ4n) is 4.79. The largest absolute Gasteiger partial charge is 0.457 e. The van der Waals surface area contributed by atoms with E-state index in [2.05, 4.69) is 6.58 Å². The van der Waals surface area contributed by atoms with Gasteiger partial charge in [0.15, 0.2) is 17.8 Å². The van der Waals surface area contributed by atoms with E-state index >= 15 is 0 Å². The predicted octanol–water partition coefficient (Wildman–Crippen LogP) is 1.37. The number of hydrogen-bond donors (Lipinski definition) is 1. The fourth-order valence-corrected chi connectivity index (χ4v) is 4.79. The van der Waals surface area contributed by atoms with E-state index in [1.54, 1.807) is 39.8 Å². The van der Waals surface area contributed by atoms with Gasteiger partial charge in [0, 0.05) is 12.5 Å². The van der Waals surface area contributed by atoms with Crippen LogP contribution in [-0.2, 0) is 33.3 Å². The molecule has 1 N–H and O–H groups in total. The van der Waals surface area contributed by atoms with Crippen molar-refractivity contribution in [2.45, 2.75) is 70.2 Å². The number of fused-ring (bicyclic) bond motifs is 3. The molecule has 162 valence electrons. The Kier molecular flexibility index (Phi) is 4.52. The molecule has 0 saturated carbocycles. The average molecular weight is 418 g/mol. The molecular formula is C22H26O8. The molecule has 0 amide bonds. The van der Waals surface area contributed by atoms with E-state index in [9.17, 15) is 19.5 Å². The van der Waals surface area contributed by atoms with Crippen molar-refractivity contribution in [1.29, 1.82) is 0 Å². The number of carbonyl (C=O) groups excluding carboxylic acids is 3. The van der Waals surface area contributed by atoms with Crippen LogP contribution >= 0.6 is 0 Å². The Morgan fingerprint density at radius 2 is 1.90 bits per heavy atom. The summed E-state index contributed by atoms with van der Waals surface area (Å²) in [7, 11) is 0. The molecule has 8 heteroatoms. The predicted molar refractivity (Wildman–Crippen MR) is 103 cm³/mol. The fraction of sp³-hybridized carbons (Fsp3) is 0.591. The third-order valence-corrected chi connectivity index (χ3v) is 6.77. The highest BCUT2D eigenvalue weighted by Crippen LogP contribution is 2.51. The summed E-state index contributed by atoms with van der Waals surface area (Å²) in [5, 5.41) is 11.0. The maximum atomic E-state index is 12.9. The van der Waals surface area contributed by atoms with Crippen LogP contribution in [0.1, 0.15) is 34.6 Å². The minimum Gasteiger partial charge on any atom is -0.457 e. The smallest absolute Gasteiger partial charge is 0.341 e. The van der Waals surface area contributed by atoms with Gasteiger partial charge in [0.25, 0.3) is 0 Å². The zero-order chi connectivity index (χ0) is 22.2. The number of hydrogen-bond acceptors (Lipinski definition) is 8. The van der Waals surface area contributed by atoms with Gasteiger partial charge in [0.1, 0.15) is 6.10 Å². The quantitative estimate of drug-likeness (QED) is 0.317. The molecular weight excluding hydrogens is 392 g/mol. The van der Waals surface area contributed by atoms with E-state index in [0.29, 0.717) is 11.1 Å². The normalized spacial score (nSPS) is 44.2. The third kappa shape index (κ3) is 2.93. The maximum Gasteiger partial charge on any atom is 0.341 e. The first kappa shape index (κ1) is 20.8. The summed E-state index contributed by atoms with van der Waals surface area (Å²) < 4.78 is 22.4. The van der Waals surface area contributed by atoms with E-state index < -0.39 is 59.3 Å². The van der Waals surface area contributed by atoms with Gasteiger partial charge >= 0.3 is 17.9 Å². The topological polar surface area (TPSA) is 112 Å². The Hall–Kier alpha value is -2.45. The molecule has 0 aromatic heterocycles. The number of ether oxygens (including phenoxy) is 4. The SMILES string of the molecule is C=C1C(=O)O[C@H]2[C@H]1[C@@H](OC(=O)[C@]1(C)O[C@@H]1C)[C@H](OC(C)=O)C(C)=C1C=C[C@@](C)(O)[C@@H]12. The van der Waals surface area contributed by atoms with E-state index in [-0.39, 0.29) is 11.7 Å². The van der Waals surface area contributed by atoms with E-state index in [1.807, 2.05) is 0 Å². The second-order valence-electron chi connectivity index (χ2n) is 8.86. The highest BCUT2D eigenvalue weighted by molar-refractivity contribution is 5.91. The van der Waals surface area contributed by atoms with Gasteiger partial charge < -0.3 is 24.1 Å². The molecule has 8 nitrogen and oxygen atoms in total. The van der Waals surface area contributed by atoms with Crippen LogP contribution in [0.25, 0.3) is 0 Å². The first-order valence-corrected chi connectivity index (χ1v) is 9.96. The van der Waals surface area contributed by atoms with Gasteiger partial charge in [-0.15, -0.1) is 0 Å². The zero-order valence-corrected chi connectivity index (χ0v) is 17.6. The Balaban J connectivity index is 1.83. The van der Waals surface area contributed by atoms with E-state index in [0.717, 1.165) is 0 Å². The number of allylic oxidation sites excluding steroid dienone is 1. The highest BCUT2D eigenvalue weighted by atomic mass is 16.7. The molecule has 0 unspecified atom stereocenters. The summed E-state index contributed by atoms with van der Waals surface area (Å²) in [4.78, 5) is 37.2. The molecule has 4 aliphatic rings. The van der Waals surface area contributed by atoms with Crippen LogP contribution in [0.2, 0.25) is 0 Å². The lowest BCUT2D eigenvalue weighted by molar-refractivity contribution is -0.173. The number of esters is 3. The summed E-state index contributed by atoms with van der Waals surface area (Å²) in [5.74, 6) is -3.22. The molecule has 2 aliphatic heterocycles. The van der Waals surface area contributed by atoms with Crippen LogP contribution in [0.4, 0.5) is 0 Å². The van der Waals surface area contributed by atoms with Gasteiger partial charge in [0.2, 0.25) is 0 Å². The molecule has 0 radical (unpaired) electrons. The van der Waals surface area contributed by atoms with Gasteiger partial charge in [-0.25, -0.2) is 9.59 Å². The minimum atomic E-state index is -1.30. The molecule has 0 aromatic rings. The number of epoxide rings is 1. The molecule has 30 heavy (non-hydrogen) atoms. The first-order chi connectivity index (χ1) is 13.9. The molecule has 2 aliphatic carbocycles. The second kappa shape index (κ2) is 6.52. The molecule has 2 fully saturated rings. The minimum absolute atomic E-state index is 0.113. The van der Waals surface area contributed by atoms with Crippen LogP contribution in [0, 0.1) is 11.8 Å². The Morgan fingerprint density at radius 1 is 1.27 bits per heavy atom.